The Hall–Kier alpha value is -1.60. The topological polar surface area (TPSA) is 43.8 Å². The van der Waals surface area contributed by atoms with Crippen molar-refractivity contribution in [2.75, 3.05) is 26.2 Å². The molecule has 1 amide bonds. The van der Waals surface area contributed by atoms with Crippen molar-refractivity contribution in [3.8, 4) is 0 Å². The normalized spacial score (nSPS) is 27.5. The average Bonchev–Trinajstić information content (AvgIpc) is 2.66. The number of likely N-dealkylation sites (tertiary alicyclic amines) is 2. The van der Waals surface area contributed by atoms with E-state index in [1.807, 2.05) is 40.1 Å². The molecule has 0 unspecified atom stereocenters. The number of carbonyl (C=O) groups is 1. The lowest BCUT2D eigenvalue weighted by molar-refractivity contribution is -0.211. The minimum absolute atomic E-state index is 0.0580. The van der Waals surface area contributed by atoms with E-state index < -0.39 is 18.1 Å². The smallest absolute Gasteiger partial charge is 0.390 e. The predicted octanol–water partition coefficient (Wildman–Crippen LogP) is 3.56. The molecule has 4 nitrogen and oxygen atoms in total. The van der Waals surface area contributed by atoms with Gasteiger partial charge in [0.25, 0.3) is 0 Å². The van der Waals surface area contributed by atoms with E-state index in [4.69, 9.17) is 0 Å². The Kier molecular flexibility index (Phi) is 5.64. The minimum Gasteiger partial charge on any atom is -0.395 e. The number of nitrogens with zero attached hydrogens (tertiary/aromatic N) is 2. The van der Waals surface area contributed by atoms with E-state index in [1.54, 1.807) is 0 Å². The zero-order valence-corrected chi connectivity index (χ0v) is 16.6. The maximum atomic E-state index is 12.9. The summed E-state index contributed by atoms with van der Waals surface area (Å²) in [4.78, 5) is 16.5. The largest absolute Gasteiger partial charge is 0.395 e. The van der Waals surface area contributed by atoms with Crippen molar-refractivity contribution in [1.29, 1.82) is 0 Å². The van der Waals surface area contributed by atoms with Gasteiger partial charge in [0.2, 0.25) is 5.91 Å². The van der Waals surface area contributed by atoms with E-state index in [0.29, 0.717) is 13.1 Å². The second-order valence-electron chi connectivity index (χ2n) is 8.83. The molecule has 29 heavy (non-hydrogen) atoms. The number of rotatable bonds is 5. The third kappa shape index (κ3) is 3.79. The molecule has 0 bridgehead atoms. The fourth-order valence-corrected chi connectivity index (χ4v) is 5.75. The molecule has 3 fully saturated rings. The van der Waals surface area contributed by atoms with Crippen LogP contribution < -0.4 is 0 Å². The van der Waals surface area contributed by atoms with Crippen LogP contribution in [0.1, 0.15) is 50.0 Å². The molecule has 1 aromatic carbocycles. The van der Waals surface area contributed by atoms with Gasteiger partial charge in [0, 0.05) is 37.5 Å². The summed E-state index contributed by atoms with van der Waals surface area (Å²) < 4.78 is 38.7. The molecule has 1 aliphatic carbocycles. The van der Waals surface area contributed by atoms with Crippen molar-refractivity contribution in [3.05, 3.63) is 35.9 Å². The van der Waals surface area contributed by atoms with E-state index in [-0.39, 0.29) is 36.9 Å². The van der Waals surface area contributed by atoms with Crippen LogP contribution in [0.5, 0.6) is 0 Å². The molecule has 160 valence electrons. The van der Waals surface area contributed by atoms with Gasteiger partial charge >= 0.3 is 6.18 Å². The quantitative estimate of drug-likeness (QED) is 0.807. The summed E-state index contributed by atoms with van der Waals surface area (Å²) in [6.07, 6.45) is 0.0263. The molecule has 4 rings (SSSR count). The number of hydrogen-bond donors (Lipinski definition) is 1. The highest BCUT2D eigenvalue weighted by atomic mass is 19.4. The van der Waals surface area contributed by atoms with Crippen LogP contribution in [0.25, 0.3) is 0 Å². The van der Waals surface area contributed by atoms with Crippen LogP contribution in [0.2, 0.25) is 0 Å². The molecule has 0 radical (unpaired) electrons. The first kappa shape index (κ1) is 20.7. The fraction of sp³-hybridized carbons (Fsp3) is 0.682. The SMILES string of the molecule is O=C(C1CCCCC1)N1CC2(C1)[C@H](c1ccccc1)[C@@H](CO)N2CCC(F)(F)F. The molecule has 1 saturated carbocycles. The predicted molar refractivity (Wildman–Crippen MR) is 103 cm³/mol. The van der Waals surface area contributed by atoms with Gasteiger partial charge in [-0.05, 0) is 18.4 Å². The number of benzene rings is 1. The summed E-state index contributed by atoms with van der Waals surface area (Å²) in [7, 11) is 0. The lowest BCUT2D eigenvalue weighted by atomic mass is 9.60. The molecule has 7 heteroatoms. The van der Waals surface area contributed by atoms with Crippen LogP contribution >= 0.6 is 0 Å². The lowest BCUT2D eigenvalue weighted by Crippen LogP contribution is -2.85. The number of hydrogen-bond acceptors (Lipinski definition) is 3. The van der Waals surface area contributed by atoms with Crippen molar-refractivity contribution in [2.24, 2.45) is 5.92 Å². The second-order valence-corrected chi connectivity index (χ2v) is 8.83. The molecule has 2 atom stereocenters. The monoisotopic (exact) mass is 410 g/mol. The summed E-state index contributed by atoms with van der Waals surface area (Å²) >= 11 is 0. The number of amides is 1. The molecule has 2 aliphatic heterocycles. The highest BCUT2D eigenvalue weighted by Crippen LogP contribution is 2.54. The number of halogens is 3. The van der Waals surface area contributed by atoms with Crippen molar-refractivity contribution in [1.82, 2.24) is 9.80 Å². The molecular weight excluding hydrogens is 381 g/mol. The van der Waals surface area contributed by atoms with Gasteiger partial charge in [0.15, 0.2) is 0 Å². The number of carbonyl (C=O) groups excluding carboxylic acids is 1. The van der Waals surface area contributed by atoms with Crippen LogP contribution in [0, 0.1) is 5.92 Å². The van der Waals surface area contributed by atoms with Gasteiger partial charge in [-0.1, -0.05) is 49.6 Å². The number of alkyl halides is 3. The number of aliphatic hydroxyl groups excluding tert-OH is 1. The van der Waals surface area contributed by atoms with Gasteiger partial charge in [0.1, 0.15) is 0 Å². The lowest BCUT2D eigenvalue weighted by Gasteiger charge is -2.71. The fourth-order valence-electron chi connectivity index (χ4n) is 5.75. The van der Waals surface area contributed by atoms with E-state index >= 15 is 0 Å². The molecular formula is C22H29F3N2O2. The number of aliphatic hydroxyl groups is 1. The van der Waals surface area contributed by atoms with Crippen molar-refractivity contribution in [3.63, 3.8) is 0 Å². The third-order valence-corrected chi connectivity index (χ3v) is 7.11. The van der Waals surface area contributed by atoms with E-state index in [9.17, 15) is 23.1 Å². The van der Waals surface area contributed by atoms with Crippen LogP contribution in [0.4, 0.5) is 13.2 Å². The highest BCUT2D eigenvalue weighted by Gasteiger charge is 2.66. The molecule has 1 N–H and O–H groups in total. The standard InChI is InChI=1S/C22H29F3N2O2/c23-22(24,25)11-12-27-18(13-28)19(16-7-3-1-4-8-16)21(27)14-26(15-21)20(29)17-9-5-2-6-10-17/h1,3-4,7-8,17-19,28H,2,5-6,9-15H2/t18-,19-/m1/s1. The van der Waals surface area contributed by atoms with Gasteiger partial charge in [-0.15, -0.1) is 0 Å². The summed E-state index contributed by atoms with van der Waals surface area (Å²) in [6, 6.07) is 9.35. The summed E-state index contributed by atoms with van der Waals surface area (Å²) in [5, 5.41) is 9.94. The summed E-state index contributed by atoms with van der Waals surface area (Å²) in [6.45, 7) is 0.589. The van der Waals surface area contributed by atoms with Crippen LogP contribution in [-0.4, -0.2) is 64.8 Å². The van der Waals surface area contributed by atoms with E-state index in [0.717, 1.165) is 31.2 Å². The van der Waals surface area contributed by atoms with Gasteiger partial charge in [-0.25, -0.2) is 0 Å². The Labute approximate surface area is 169 Å². The van der Waals surface area contributed by atoms with Crippen molar-refractivity contribution in [2.45, 2.75) is 62.2 Å². The Morgan fingerprint density at radius 1 is 1.10 bits per heavy atom. The van der Waals surface area contributed by atoms with Crippen molar-refractivity contribution >= 4 is 5.91 Å². The first-order valence-corrected chi connectivity index (χ1v) is 10.6. The van der Waals surface area contributed by atoms with Crippen LogP contribution in [-0.2, 0) is 4.79 Å². The first-order chi connectivity index (χ1) is 13.9. The molecule has 3 aliphatic rings. The molecule has 1 spiro atoms. The average molecular weight is 410 g/mol. The van der Waals surface area contributed by atoms with Crippen LogP contribution in [0.15, 0.2) is 30.3 Å². The molecule has 2 saturated heterocycles. The Balaban J connectivity index is 1.52. The summed E-state index contributed by atoms with van der Waals surface area (Å²) in [5.41, 5.74) is 0.532. The maximum absolute atomic E-state index is 12.9. The molecule has 1 aromatic rings. The Bertz CT molecular complexity index is 713. The van der Waals surface area contributed by atoms with Gasteiger partial charge in [0.05, 0.1) is 18.6 Å². The van der Waals surface area contributed by atoms with Gasteiger partial charge in [-0.2, -0.15) is 13.2 Å². The molecule has 2 heterocycles. The second kappa shape index (κ2) is 7.91. The first-order valence-electron chi connectivity index (χ1n) is 10.6. The zero-order valence-electron chi connectivity index (χ0n) is 16.6. The van der Waals surface area contributed by atoms with Gasteiger partial charge in [-0.3, -0.25) is 9.69 Å². The zero-order chi connectivity index (χ0) is 20.6. The van der Waals surface area contributed by atoms with E-state index in [1.165, 1.54) is 6.42 Å². The Morgan fingerprint density at radius 2 is 1.76 bits per heavy atom. The van der Waals surface area contributed by atoms with Crippen LogP contribution in [0.3, 0.4) is 0 Å². The Morgan fingerprint density at radius 3 is 2.34 bits per heavy atom. The summed E-state index contributed by atoms with van der Waals surface area (Å²) in [5.74, 6) is 0.163. The highest BCUT2D eigenvalue weighted by molar-refractivity contribution is 5.80. The van der Waals surface area contributed by atoms with Gasteiger partial charge < -0.3 is 10.0 Å². The minimum atomic E-state index is -4.24. The van der Waals surface area contributed by atoms with E-state index in [2.05, 4.69) is 0 Å². The van der Waals surface area contributed by atoms with Crippen molar-refractivity contribution < 1.29 is 23.1 Å². The third-order valence-electron chi connectivity index (χ3n) is 7.11. The molecule has 0 aromatic heterocycles. The maximum Gasteiger partial charge on any atom is 0.390 e.